The van der Waals surface area contributed by atoms with Gasteiger partial charge in [0, 0.05) is 11.0 Å². The van der Waals surface area contributed by atoms with Crippen LogP contribution in [0.15, 0.2) is 41.6 Å². The van der Waals surface area contributed by atoms with E-state index in [0.29, 0.717) is 11.6 Å². The molecule has 3 rings (SSSR count). The first-order valence-electron chi connectivity index (χ1n) is 8.36. The van der Waals surface area contributed by atoms with Crippen LogP contribution >= 0.6 is 11.8 Å². The molecule has 0 amide bonds. The van der Waals surface area contributed by atoms with E-state index in [9.17, 15) is 31.4 Å². The average molecular weight is 451 g/mol. The second-order valence-electron chi connectivity index (χ2n) is 6.84. The van der Waals surface area contributed by atoms with Gasteiger partial charge < -0.3 is 10.4 Å². The fourth-order valence-corrected chi connectivity index (χ4v) is 3.28. The molecular weight excluding hydrogens is 436 g/mol. The SMILES string of the molecule is CC(C)(O)C(Nc1cc(C(F)(F)F)nc2ncnn12)c1ccc(SC(F)(F)F)cc1. The summed E-state index contributed by atoms with van der Waals surface area (Å²) in [6.07, 6.45) is -3.72. The monoisotopic (exact) mass is 451 g/mol. The van der Waals surface area contributed by atoms with Crippen LogP contribution in [-0.4, -0.2) is 35.8 Å². The van der Waals surface area contributed by atoms with Crippen LogP contribution in [0.4, 0.5) is 32.2 Å². The van der Waals surface area contributed by atoms with E-state index in [-0.39, 0.29) is 28.3 Å². The molecule has 0 aliphatic rings. The van der Waals surface area contributed by atoms with Gasteiger partial charge in [0.2, 0.25) is 0 Å². The number of alkyl halides is 6. The lowest BCUT2D eigenvalue weighted by Crippen LogP contribution is -2.35. The molecule has 6 nitrogen and oxygen atoms in total. The Bertz CT molecular complexity index is 1030. The van der Waals surface area contributed by atoms with E-state index in [0.717, 1.165) is 10.8 Å². The minimum Gasteiger partial charge on any atom is -0.388 e. The van der Waals surface area contributed by atoms with Gasteiger partial charge in [0.05, 0.1) is 11.6 Å². The van der Waals surface area contributed by atoms with Crippen molar-refractivity contribution in [3.8, 4) is 0 Å². The molecule has 0 radical (unpaired) electrons. The number of aromatic nitrogens is 4. The zero-order valence-electron chi connectivity index (χ0n) is 15.5. The Kier molecular flexibility index (Phi) is 5.62. The maximum Gasteiger partial charge on any atom is 0.446 e. The number of benzene rings is 1. The van der Waals surface area contributed by atoms with Crippen LogP contribution in [0, 0.1) is 0 Å². The van der Waals surface area contributed by atoms with Crippen LogP contribution < -0.4 is 5.32 Å². The third-order valence-electron chi connectivity index (χ3n) is 3.99. The van der Waals surface area contributed by atoms with E-state index < -0.39 is 29.0 Å². The van der Waals surface area contributed by atoms with Crippen molar-refractivity contribution >= 4 is 23.4 Å². The first kappa shape index (κ1) is 22.2. The van der Waals surface area contributed by atoms with E-state index in [4.69, 9.17) is 0 Å². The highest BCUT2D eigenvalue weighted by Crippen LogP contribution is 2.38. The van der Waals surface area contributed by atoms with Crippen molar-refractivity contribution in [2.24, 2.45) is 0 Å². The quantitative estimate of drug-likeness (QED) is 0.434. The van der Waals surface area contributed by atoms with Crippen LogP contribution in [-0.2, 0) is 6.18 Å². The highest BCUT2D eigenvalue weighted by molar-refractivity contribution is 8.00. The minimum atomic E-state index is -4.75. The maximum absolute atomic E-state index is 13.2. The smallest absolute Gasteiger partial charge is 0.388 e. The van der Waals surface area contributed by atoms with Crippen molar-refractivity contribution < 1.29 is 31.4 Å². The van der Waals surface area contributed by atoms with Gasteiger partial charge in [-0.25, -0.2) is 4.98 Å². The van der Waals surface area contributed by atoms with E-state index in [1.54, 1.807) is 0 Å². The van der Waals surface area contributed by atoms with Crippen molar-refractivity contribution in [1.82, 2.24) is 19.6 Å². The number of rotatable bonds is 5. The summed E-state index contributed by atoms with van der Waals surface area (Å²) in [5.74, 6) is -0.454. The van der Waals surface area contributed by atoms with Crippen molar-refractivity contribution in [1.29, 1.82) is 0 Å². The van der Waals surface area contributed by atoms with Crippen LogP contribution in [0.3, 0.4) is 0 Å². The first-order valence-corrected chi connectivity index (χ1v) is 9.18. The summed E-state index contributed by atoms with van der Waals surface area (Å²) in [5.41, 5.74) is -6.82. The topological polar surface area (TPSA) is 75.3 Å². The third-order valence-corrected chi connectivity index (χ3v) is 4.73. The largest absolute Gasteiger partial charge is 0.446 e. The molecule has 0 aliphatic carbocycles. The minimum absolute atomic E-state index is 0.0670. The average Bonchev–Trinajstić information content (AvgIpc) is 3.06. The lowest BCUT2D eigenvalue weighted by molar-refractivity contribution is -0.141. The second-order valence-corrected chi connectivity index (χ2v) is 7.98. The molecule has 0 spiro atoms. The van der Waals surface area contributed by atoms with E-state index in [1.165, 1.54) is 38.1 Å². The van der Waals surface area contributed by atoms with E-state index >= 15 is 0 Å². The Balaban J connectivity index is 2.00. The molecule has 1 aromatic carbocycles. The molecule has 0 fully saturated rings. The van der Waals surface area contributed by atoms with Crippen LogP contribution in [0.5, 0.6) is 0 Å². The Morgan fingerprint density at radius 1 is 1.07 bits per heavy atom. The predicted octanol–water partition coefficient (Wildman–Crippen LogP) is 4.68. The number of hydrogen-bond acceptors (Lipinski definition) is 6. The fraction of sp³-hybridized carbons (Fsp3) is 0.353. The molecule has 2 N–H and O–H groups in total. The van der Waals surface area contributed by atoms with Crippen LogP contribution in [0.1, 0.15) is 31.1 Å². The van der Waals surface area contributed by atoms with Gasteiger partial charge in [-0.05, 0) is 43.3 Å². The third kappa shape index (κ3) is 5.14. The highest BCUT2D eigenvalue weighted by atomic mass is 32.2. The Morgan fingerprint density at radius 2 is 1.70 bits per heavy atom. The summed E-state index contributed by atoms with van der Waals surface area (Å²) >= 11 is -0.298. The molecule has 30 heavy (non-hydrogen) atoms. The summed E-state index contributed by atoms with van der Waals surface area (Å²) in [5, 5.41) is 17.2. The zero-order valence-corrected chi connectivity index (χ0v) is 16.3. The van der Waals surface area contributed by atoms with Gasteiger partial charge in [0.25, 0.3) is 5.78 Å². The van der Waals surface area contributed by atoms with Gasteiger partial charge in [-0.3, -0.25) is 0 Å². The Labute approximate surface area is 170 Å². The van der Waals surface area contributed by atoms with E-state index in [1.807, 2.05) is 0 Å². The molecular formula is C17H15F6N5OS. The standard InChI is InChI=1S/C17H15F6N5OS/c1-15(2,29)13(9-3-5-10(6-4-9)30-17(21,22)23)27-12-7-11(16(18,19)20)26-14-24-8-25-28(12)14/h3-8,13,27,29H,1-2H3. The molecule has 1 unspecified atom stereocenters. The van der Waals surface area contributed by atoms with Crippen LogP contribution in [0.2, 0.25) is 0 Å². The lowest BCUT2D eigenvalue weighted by Gasteiger charge is -2.31. The van der Waals surface area contributed by atoms with Crippen molar-refractivity contribution in [3.63, 3.8) is 0 Å². The second kappa shape index (κ2) is 7.61. The Morgan fingerprint density at radius 3 is 2.23 bits per heavy atom. The molecule has 162 valence electrons. The molecule has 0 saturated carbocycles. The number of nitrogens with one attached hydrogen (secondary N) is 1. The molecule has 0 saturated heterocycles. The van der Waals surface area contributed by atoms with Crippen LogP contribution in [0.25, 0.3) is 5.78 Å². The van der Waals surface area contributed by atoms with Gasteiger partial charge >= 0.3 is 11.7 Å². The normalized spacial score (nSPS) is 14.2. The summed E-state index contributed by atoms with van der Waals surface area (Å²) in [6, 6.07) is 4.87. The number of fused-ring (bicyclic) bond motifs is 1. The summed E-state index contributed by atoms with van der Waals surface area (Å²) < 4.78 is 78.2. The molecule has 1 atom stereocenters. The van der Waals surface area contributed by atoms with E-state index in [2.05, 4.69) is 20.4 Å². The van der Waals surface area contributed by atoms with Crippen molar-refractivity contribution in [2.45, 2.75) is 42.1 Å². The lowest BCUT2D eigenvalue weighted by atomic mass is 9.92. The van der Waals surface area contributed by atoms with Gasteiger partial charge in [0.15, 0.2) is 5.69 Å². The molecule has 2 aromatic heterocycles. The zero-order chi connectivity index (χ0) is 22.3. The van der Waals surface area contributed by atoms with Gasteiger partial charge in [-0.15, -0.1) is 0 Å². The molecule has 3 aromatic rings. The molecule has 13 heteroatoms. The molecule has 0 bridgehead atoms. The van der Waals surface area contributed by atoms with Crippen molar-refractivity contribution in [3.05, 3.63) is 47.9 Å². The molecule has 2 heterocycles. The summed E-state index contributed by atoms with van der Waals surface area (Å²) in [7, 11) is 0. The maximum atomic E-state index is 13.2. The number of anilines is 1. The number of halogens is 6. The van der Waals surface area contributed by atoms with Gasteiger partial charge in [-0.2, -0.15) is 40.9 Å². The number of nitrogens with zero attached hydrogens (tertiary/aromatic N) is 4. The Hall–Kier alpha value is -2.54. The predicted molar refractivity (Wildman–Crippen MR) is 96.8 cm³/mol. The highest BCUT2D eigenvalue weighted by Gasteiger charge is 2.36. The summed E-state index contributed by atoms with van der Waals surface area (Å²) in [4.78, 5) is 7.01. The first-order chi connectivity index (χ1) is 13.7. The number of aliphatic hydroxyl groups is 1. The van der Waals surface area contributed by atoms with Gasteiger partial charge in [-0.1, -0.05) is 12.1 Å². The van der Waals surface area contributed by atoms with Crippen molar-refractivity contribution in [2.75, 3.05) is 5.32 Å². The number of thioether (sulfide) groups is 1. The fourth-order valence-electron chi connectivity index (χ4n) is 2.74. The number of hydrogen-bond donors (Lipinski definition) is 2. The molecule has 0 aliphatic heterocycles. The summed E-state index contributed by atoms with van der Waals surface area (Å²) in [6.45, 7) is 2.82. The van der Waals surface area contributed by atoms with Gasteiger partial charge in [0.1, 0.15) is 12.1 Å².